The average Bonchev–Trinajstić information content (AvgIpc) is 2.73. The van der Waals surface area contributed by atoms with Gasteiger partial charge >= 0.3 is 5.97 Å². The second-order valence-electron chi connectivity index (χ2n) is 3.82. The summed E-state index contributed by atoms with van der Waals surface area (Å²) in [5.41, 5.74) is 0.977. The van der Waals surface area contributed by atoms with Gasteiger partial charge in [0.1, 0.15) is 11.3 Å². The van der Waals surface area contributed by atoms with Crippen molar-refractivity contribution in [1.29, 1.82) is 0 Å². The summed E-state index contributed by atoms with van der Waals surface area (Å²) in [7, 11) is 0. The Morgan fingerprint density at radius 2 is 2.22 bits per heavy atom. The van der Waals surface area contributed by atoms with E-state index in [0.717, 1.165) is 5.56 Å². The number of hydrogen-bond donors (Lipinski definition) is 1. The SMILES string of the molecule is Cc1ccc(OCc2noc(C)n2)c(C(=O)O)c1. The van der Waals surface area contributed by atoms with E-state index in [2.05, 4.69) is 10.1 Å². The van der Waals surface area contributed by atoms with Gasteiger partial charge in [-0.15, -0.1) is 0 Å². The molecule has 2 rings (SSSR count). The molecule has 0 amide bonds. The Morgan fingerprint density at radius 3 is 2.83 bits per heavy atom. The molecule has 2 aromatic rings. The van der Waals surface area contributed by atoms with E-state index in [-0.39, 0.29) is 17.9 Å². The Bertz CT molecular complexity index is 577. The molecule has 0 saturated heterocycles. The molecule has 0 atom stereocenters. The summed E-state index contributed by atoms with van der Waals surface area (Å²) in [6.07, 6.45) is 0. The van der Waals surface area contributed by atoms with Gasteiger partial charge in [0, 0.05) is 6.92 Å². The predicted molar refractivity (Wildman–Crippen MR) is 61.5 cm³/mol. The van der Waals surface area contributed by atoms with Gasteiger partial charge in [-0.2, -0.15) is 4.98 Å². The largest absolute Gasteiger partial charge is 0.485 e. The molecule has 94 valence electrons. The zero-order chi connectivity index (χ0) is 13.1. The molecule has 0 spiro atoms. The monoisotopic (exact) mass is 248 g/mol. The third-order valence-corrected chi connectivity index (χ3v) is 2.29. The molecule has 6 heteroatoms. The van der Waals surface area contributed by atoms with Crippen LogP contribution in [0, 0.1) is 13.8 Å². The molecule has 1 aromatic carbocycles. The second kappa shape index (κ2) is 4.87. The van der Waals surface area contributed by atoms with Gasteiger partial charge < -0.3 is 14.4 Å². The second-order valence-corrected chi connectivity index (χ2v) is 3.82. The maximum absolute atomic E-state index is 11.1. The Morgan fingerprint density at radius 1 is 1.44 bits per heavy atom. The lowest BCUT2D eigenvalue weighted by molar-refractivity contribution is 0.0691. The summed E-state index contributed by atoms with van der Waals surface area (Å²) in [4.78, 5) is 15.0. The number of carboxylic acid groups (broad SMARTS) is 1. The first-order valence-electron chi connectivity index (χ1n) is 5.32. The number of aromatic nitrogens is 2. The van der Waals surface area contributed by atoms with Crippen LogP contribution in [0.2, 0.25) is 0 Å². The molecule has 0 aliphatic rings. The van der Waals surface area contributed by atoms with Crippen molar-refractivity contribution in [3.63, 3.8) is 0 Å². The minimum absolute atomic E-state index is 0.0701. The van der Waals surface area contributed by atoms with Crippen molar-refractivity contribution < 1.29 is 19.2 Å². The zero-order valence-electron chi connectivity index (χ0n) is 10.0. The topological polar surface area (TPSA) is 85.5 Å². The van der Waals surface area contributed by atoms with Gasteiger partial charge in [0.2, 0.25) is 11.7 Å². The van der Waals surface area contributed by atoms with Crippen molar-refractivity contribution in [2.75, 3.05) is 0 Å². The third-order valence-electron chi connectivity index (χ3n) is 2.29. The quantitative estimate of drug-likeness (QED) is 0.890. The van der Waals surface area contributed by atoms with Crippen molar-refractivity contribution in [1.82, 2.24) is 10.1 Å². The molecule has 1 aromatic heterocycles. The lowest BCUT2D eigenvalue weighted by atomic mass is 10.1. The van der Waals surface area contributed by atoms with E-state index in [1.807, 2.05) is 6.92 Å². The molecular formula is C12H12N2O4. The van der Waals surface area contributed by atoms with Gasteiger partial charge in [0.25, 0.3) is 0 Å². The maximum Gasteiger partial charge on any atom is 0.339 e. The van der Waals surface area contributed by atoms with Crippen molar-refractivity contribution in [2.45, 2.75) is 20.5 Å². The van der Waals surface area contributed by atoms with Crippen LogP contribution in [0.1, 0.15) is 27.6 Å². The highest BCUT2D eigenvalue weighted by Gasteiger charge is 2.12. The van der Waals surface area contributed by atoms with E-state index >= 15 is 0 Å². The average molecular weight is 248 g/mol. The van der Waals surface area contributed by atoms with Crippen LogP contribution in [0.15, 0.2) is 22.7 Å². The van der Waals surface area contributed by atoms with Crippen LogP contribution in [-0.4, -0.2) is 21.2 Å². The lowest BCUT2D eigenvalue weighted by Gasteiger charge is -2.07. The van der Waals surface area contributed by atoms with Crippen LogP contribution in [0.25, 0.3) is 0 Å². The first kappa shape index (κ1) is 12.1. The van der Waals surface area contributed by atoms with Crippen LogP contribution >= 0.6 is 0 Å². The summed E-state index contributed by atoms with van der Waals surface area (Å²) in [5, 5.41) is 12.7. The van der Waals surface area contributed by atoms with E-state index in [1.165, 1.54) is 0 Å². The molecule has 0 aliphatic carbocycles. The van der Waals surface area contributed by atoms with E-state index < -0.39 is 5.97 Å². The van der Waals surface area contributed by atoms with Crippen LogP contribution in [0.4, 0.5) is 0 Å². The van der Waals surface area contributed by atoms with Gasteiger partial charge in [0.15, 0.2) is 6.61 Å². The number of ether oxygens (including phenoxy) is 1. The summed E-state index contributed by atoms with van der Waals surface area (Å²) < 4.78 is 10.2. The molecule has 0 saturated carbocycles. The van der Waals surface area contributed by atoms with Gasteiger partial charge in [-0.1, -0.05) is 16.8 Å². The van der Waals surface area contributed by atoms with Crippen LogP contribution in [-0.2, 0) is 6.61 Å². The van der Waals surface area contributed by atoms with Crippen molar-refractivity contribution in [3.8, 4) is 5.75 Å². The van der Waals surface area contributed by atoms with Crippen molar-refractivity contribution >= 4 is 5.97 Å². The van der Waals surface area contributed by atoms with Gasteiger partial charge in [-0.05, 0) is 19.1 Å². The summed E-state index contributed by atoms with van der Waals surface area (Å²) >= 11 is 0. The van der Waals surface area contributed by atoms with E-state index in [0.29, 0.717) is 11.7 Å². The smallest absolute Gasteiger partial charge is 0.339 e. The van der Waals surface area contributed by atoms with Crippen LogP contribution in [0.5, 0.6) is 5.75 Å². The number of aryl methyl sites for hydroxylation is 2. The number of carboxylic acids is 1. The predicted octanol–water partition coefficient (Wildman–Crippen LogP) is 1.96. The molecular weight excluding hydrogens is 236 g/mol. The Balaban J connectivity index is 2.16. The van der Waals surface area contributed by atoms with E-state index in [1.54, 1.807) is 25.1 Å². The standard InChI is InChI=1S/C12H12N2O4/c1-7-3-4-10(9(5-7)12(15)16)17-6-11-13-8(2)18-14-11/h3-5H,6H2,1-2H3,(H,15,16). The number of aromatic carboxylic acids is 1. The van der Waals surface area contributed by atoms with Gasteiger partial charge in [-0.3, -0.25) is 0 Å². The fraction of sp³-hybridized carbons (Fsp3) is 0.250. The maximum atomic E-state index is 11.1. The number of benzene rings is 1. The Labute approximate surface area is 103 Å². The molecule has 0 unspecified atom stereocenters. The molecule has 1 N–H and O–H groups in total. The van der Waals surface area contributed by atoms with Crippen molar-refractivity contribution in [3.05, 3.63) is 41.0 Å². The Hall–Kier alpha value is -2.37. The number of carbonyl (C=O) groups is 1. The Kier molecular flexibility index (Phi) is 3.27. The molecule has 0 aliphatic heterocycles. The molecule has 1 heterocycles. The fourth-order valence-electron chi connectivity index (χ4n) is 1.48. The fourth-order valence-corrected chi connectivity index (χ4v) is 1.48. The molecule has 0 fully saturated rings. The van der Waals surface area contributed by atoms with E-state index in [4.69, 9.17) is 14.4 Å². The van der Waals surface area contributed by atoms with E-state index in [9.17, 15) is 4.79 Å². The zero-order valence-corrected chi connectivity index (χ0v) is 10.0. The highest BCUT2D eigenvalue weighted by Crippen LogP contribution is 2.20. The van der Waals surface area contributed by atoms with Crippen LogP contribution in [0.3, 0.4) is 0 Å². The van der Waals surface area contributed by atoms with Crippen molar-refractivity contribution in [2.24, 2.45) is 0 Å². The minimum atomic E-state index is -1.03. The summed E-state index contributed by atoms with van der Waals surface area (Å²) in [6, 6.07) is 4.95. The summed E-state index contributed by atoms with van der Waals surface area (Å²) in [5.74, 6) is 0.0777. The highest BCUT2D eigenvalue weighted by molar-refractivity contribution is 5.91. The minimum Gasteiger partial charge on any atom is -0.485 e. The number of nitrogens with zero attached hydrogens (tertiary/aromatic N) is 2. The molecule has 6 nitrogen and oxygen atoms in total. The number of hydrogen-bond acceptors (Lipinski definition) is 5. The molecule has 18 heavy (non-hydrogen) atoms. The van der Waals surface area contributed by atoms with Crippen LogP contribution < -0.4 is 4.74 Å². The molecule has 0 radical (unpaired) electrons. The highest BCUT2D eigenvalue weighted by atomic mass is 16.5. The van der Waals surface area contributed by atoms with Gasteiger partial charge in [-0.25, -0.2) is 4.79 Å². The number of rotatable bonds is 4. The first-order valence-corrected chi connectivity index (χ1v) is 5.32. The summed E-state index contributed by atoms with van der Waals surface area (Å²) in [6.45, 7) is 3.56. The molecule has 0 bridgehead atoms. The lowest BCUT2D eigenvalue weighted by Crippen LogP contribution is -2.04. The first-order chi connectivity index (χ1) is 8.56. The third kappa shape index (κ3) is 2.65. The van der Waals surface area contributed by atoms with Gasteiger partial charge in [0.05, 0.1) is 0 Å². The normalized spacial score (nSPS) is 10.3.